The van der Waals surface area contributed by atoms with E-state index in [1.54, 1.807) is 30.3 Å². The van der Waals surface area contributed by atoms with E-state index in [0.29, 0.717) is 14.6 Å². The van der Waals surface area contributed by atoms with Gasteiger partial charge in [0.15, 0.2) is 11.5 Å². The van der Waals surface area contributed by atoms with Crippen molar-refractivity contribution in [3.63, 3.8) is 0 Å². The van der Waals surface area contributed by atoms with Crippen molar-refractivity contribution in [1.29, 1.82) is 0 Å². The number of ether oxygens (including phenoxy) is 2. The number of furan rings is 1. The average Bonchev–Trinajstić information content (AvgIpc) is 3.94. The fourth-order valence-electron chi connectivity index (χ4n) is 7.03. The minimum atomic E-state index is -5.81. The SMILES string of the molecule is COc1cc2oc(-c3ccc(C(C)(C)C)cc3)c(C3=C(c4cc(-c5ccc(C(C)(C)C)s5)sc4-c4ccc(C(C)(C)C)s4)C(F)(F)C(F)(F)C3(F)F)c2cc1OC. The number of thiophene rings is 3. The fourth-order valence-corrected chi connectivity index (χ4v) is 10.5. The zero-order chi connectivity index (χ0) is 41.8. The third-order valence-electron chi connectivity index (χ3n) is 10.3. The normalized spacial score (nSPS) is 16.9. The van der Waals surface area contributed by atoms with Gasteiger partial charge in [-0.25, -0.2) is 0 Å². The summed E-state index contributed by atoms with van der Waals surface area (Å²) in [5, 5.41) is -0.112. The second-order valence-corrected chi connectivity index (χ2v) is 20.7. The molecule has 0 bridgehead atoms. The first kappa shape index (κ1) is 41.2. The molecule has 0 spiro atoms. The number of methoxy groups -OCH3 is 2. The Bertz CT molecular complexity index is 2530. The smallest absolute Gasteiger partial charge is 0.380 e. The first-order valence-corrected chi connectivity index (χ1v) is 20.8. The summed E-state index contributed by atoms with van der Waals surface area (Å²) in [5.74, 6) is -16.5. The Kier molecular flexibility index (Phi) is 9.77. The molecule has 3 nitrogen and oxygen atoms in total. The molecule has 0 atom stereocenters. The molecule has 12 heteroatoms. The molecule has 0 saturated carbocycles. The highest BCUT2D eigenvalue weighted by Gasteiger charge is 2.81. The van der Waals surface area contributed by atoms with Crippen LogP contribution in [0.2, 0.25) is 0 Å². The molecular formula is C45H44F6O3S3. The van der Waals surface area contributed by atoms with E-state index in [1.807, 2.05) is 80.5 Å². The summed E-state index contributed by atoms with van der Waals surface area (Å²) >= 11 is 3.89. The number of alkyl halides is 6. The molecule has 0 N–H and O–H groups in total. The summed E-state index contributed by atoms with van der Waals surface area (Å²) in [7, 11) is 2.70. The highest BCUT2D eigenvalue weighted by Crippen LogP contribution is 2.68. The molecule has 1 aliphatic rings. The zero-order valence-corrected chi connectivity index (χ0v) is 36.0. The third-order valence-corrected chi connectivity index (χ3v) is 14.8. The molecule has 302 valence electrons. The molecule has 4 aromatic heterocycles. The van der Waals surface area contributed by atoms with Crippen molar-refractivity contribution < 1.29 is 40.2 Å². The molecule has 0 aliphatic heterocycles. The Morgan fingerprint density at radius 3 is 1.61 bits per heavy atom. The van der Waals surface area contributed by atoms with Crippen LogP contribution in [0.5, 0.6) is 11.5 Å². The topological polar surface area (TPSA) is 31.6 Å². The highest BCUT2D eigenvalue weighted by atomic mass is 32.1. The maximum atomic E-state index is 16.9. The number of allylic oxidation sites excluding steroid dienone is 2. The lowest BCUT2D eigenvalue weighted by atomic mass is 9.86. The number of hydrogen-bond acceptors (Lipinski definition) is 6. The van der Waals surface area contributed by atoms with Gasteiger partial charge in [-0.1, -0.05) is 86.6 Å². The van der Waals surface area contributed by atoms with Gasteiger partial charge >= 0.3 is 17.8 Å². The Hall–Kier alpha value is -4.00. The number of hydrogen-bond donors (Lipinski definition) is 0. The van der Waals surface area contributed by atoms with Gasteiger partial charge in [0, 0.05) is 63.7 Å². The lowest BCUT2D eigenvalue weighted by molar-refractivity contribution is -0.254. The van der Waals surface area contributed by atoms with Crippen LogP contribution in [0, 0.1) is 0 Å². The number of halogens is 6. The van der Waals surface area contributed by atoms with Gasteiger partial charge in [-0.15, -0.1) is 34.0 Å². The summed E-state index contributed by atoms with van der Waals surface area (Å²) in [4.78, 5) is 3.82. The monoisotopic (exact) mass is 842 g/mol. The van der Waals surface area contributed by atoms with Crippen molar-refractivity contribution in [3.05, 3.63) is 93.2 Å². The van der Waals surface area contributed by atoms with Gasteiger partial charge in [-0.2, -0.15) is 26.3 Å². The van der Waals surface area contributed by atoms with Crippen molar-refractivity contribution in [2.45, 2.75) is 96.3 Å². The molecule has 6 aromatic rings. The number of benzene rings is 2. The molecule has 0 radical (unpaired) electrons. The maximum absolute atomic E-state index is 16.9. The van der Waals surface area contributed by atoms with Crippen LogP contribution in [0.15, 0.2) is 71.1 Å². The van der Waals surface area contributed by atoms with E-state index in [2.05, 4.69) is 0 Å². The average molecular weight is 843 g/mol. The molecule has 0 saturated heterocycles. The van der Waals surface area contributed by atoms with Crippen LogP contribution in [0.3, 0.4) is 0 Å². The van der Waals surface area contributed by atoms with Gasteiger partial charge in [0.1, 0.15) is 11.3 Å². The van der Waals surface area contributed by atoms with E-state index in [4.69, 9.17) is 13.9 Å². The number of rotatable bonds is 7. The Morgan fingerprint density at radius 2 is 1.09 bits per heavy atom. The Balaban J connectivity index is 1.63. The van der Waals surface area contributed by atoms with Crippen molar-refractivity contribution in [1.82, 2.24) is 0 Å². The van der Waals surface area contributed by atoms with Crippen molar-refractivity contribution in [3.8, 4) is 42.3 Å². The Morgan fingerprint density at radius 1 is 0.561 bits per heavy atom. The molecule has 7 rings (SSSR count). The standard InChI is InChI=1S/C45H44F6O3S3/c1-40(2,3)24-14-12-23(13-15-24)38-35(25-20-28(52-10)29(53-11)22-27(25)54-38)37-36(43(46,47)45(50,51)44(37,48)49)26-21-32(30-16-18-33(55-30)41(4,5)6)57-39(26)31-17-19-34(56-31)42(7,8)9/h12-22H,1-11H3. The summed E-state index contributed by atoms with van der Waals surface area (Å²) in [6, 6.07) is 18.3. The summed E-state index contributed by atoms with van der Waals surface area (Å²) in [6.45, 7) is 18.1. The summed E-state index contributed by atoms with van der Waals surface area (Å²) in [6.07, 6.45) is 0. The van der Waals surface area contributed by atoms with Crippen molar-refractivity contribution >= 4 is 56.1 Å². The van der Waals surface area contributed by atoms with Gasteiger partial charge in [0.2, 0.25) is 0 Å². The third kappa shape index (κ3) is 6.63. The van der Waals surface area contributed by atoms with E-state index in [9.17, 15) is 0 Å². The van der Waals surface area contributed by atoms with Gasteiger partial charge in [-0.05, 0) is 58.2 Å². The van der Waals surface area contributed by atoms with Crippen LogP contribution < -0.4 is 9.47 Å². The van der Waals surface area contributed by atoms with Gasteiger partial charge in [0.25, 0.3) is 0 Å². The van der Waals surface area contributed by atoms with Crippen LogP contribution in [-0.4, -0.2) is 32.0 Å². The number of fused-ring (bicyclic) bond motifs is 1. The minimum absolute atomic E-state index is 0.0358. The van der Waals surface area contributed by atoms with Gasteiger partial charge < -0.3 is 13.9 Å². The lowest BCUT2D eigenvalue weighted by Crippen LogP contribution is -2.48. The van der Waals surface area contributed by atoms with E-state index in [0.717, 1.165) is 26.7 Å². The molecule has 0 unspecified atom stereocenters. The minimum Gasteiger partial charge on any atom is -0.493 e. The van der Waals surface area contributed by atoms with E-state index >= 15 is 26.3 Å². The van der Waals surface area contributed by atoms with E-state index in [1.165, 1.54) is 55.1 Å². The largest absolute Gasteiger partial charge is 0.493 e. The van der Waals surface area contributed by atoms with Gasteiger partial charge in [0.05, 0.1) is 19.1 Å². The second-order valence-electron chi connectivity index (χ2n) is 17.5. The second kappa shape index (κ2) is 13.5. The van der Waals surface area contributed by atoms with Gasteiger partial charge in [-0.3, -0.25) is 0 Å². The van der Waals surface area contributed by atoms with E-state index < -0.39 is 34.5 Å². The molecule has 0 fully saturated rings. The first-order chi connectivity index (χ1) is 26.3. The molecule has 1 aliphatic carbocycles. The van der Waals surface area contributed by atoms with Crippen LogP contribution in [0.25, 0.3) is 52.9 Å². The maximum Gasteiger partial charge on any atom is 0.380 e. The lowest BCUT2D eigenvalue weighted by Gasteiger charge is -2.26. The molecule has 4 heterocycles. The van der Waals surface area contributed by atoms with Crippen LogP contribution in [-0.2, 0) is 16.2 Å². The molecule has 0 amide bonds. The molecule has 2 aromatic carbocycles. The first-order valence-electron chi connectivity index (χ1n) is 18.4. The molecular weight excluding hydrogens is 799 g/mol. The highest BCUT2D eigenvalue weighted by molar-refractivity contribution is 7.26. The zero-order valence-electron chi connectivity index (χ0n) is 33.6. The summed E-state index contributed by atoms with van der Waals surface area (Å²) < 4.78 is 117. The van der Waals surface area contributed by atoms with Crippen LogP contribution >= 0.6 is 34.0 Å². The quantitative estimate of drug-likeness (QED) is 0.150. The van der Waals surface area contributed by atoms with E-state index in [-0.39, 0.29) is 60.5 Å². The van der Waals surface area contributed by atoms with Crippen molar-refractivity contribution in [2.75, 3.05) is 14.2 Å². The van der Waals surface area contributed by atoms with Crippen LogP contribution in [0.4, 0.5) is 26.3 Å². The Labute approximate surface area is 341 Å². The summed E-state index contributed by atoms with van der Waals surface area (Å²) in [5.41, 5.74) is -3.64. The fraction of sp³-hybridized carbons (Fsp3) is 0.378. The predicted octanol–water partition coefficient (Wildman–Crippen LogP) is 15.4. The van der Waals surface area contributed by atoms with Crippen molar-refractivity contribution in [2.24, 2.45) is 0 Å². The predicted molar refractivity (Wildman–Crippen MR) is 223 cm³/mol. The molecule has 57 heavy (non-hydrogen) atoms. The van der Waals surface area contributed by atoms with Crippen LogP contribution in [0.1, 0.15) is 88.8 Å².